The normalized spacial score (nSPS) is 14.0. The van der Waals surface area contributed by atoms with Crippen molar-refractivity contribution in [3.05, 3.63) is 35.3 Å². The Morgan fingerprint density at radius 3 is 2.15 bits per heavy atom. The maximum Gasteiger partial charge on any atom is 0.339 e. The zero-order valence-corrected chi connectivity index (χ0v) is 16.3. The number of hydrogen-bond acceptors (Lipinski definition) is 4. The van der Waals surface area contributed by atoms with E-state index in [9.17, 15) is 9.59 Å². The summed E-state index contributed by atoms with van der Waals surface area (Å²) in [6.45, 7) is 6.14. The van der Waals surface area contributed by atoms with Crippen LogP contribution in [0.3, 0.4) is 0 Å². The lowest BCUT2D eigenvalue weighted by Gasteiger charge is -2.17. The van der Waals surface area contributed by atoms with Crippen molar-refractivity contribution < 1.29 is 24.5 Å². The van der Waals surface area contributed by atoms with E-state index in [-0.39, 0.29) is 12.7 Å². The van der Waals surface area contributed by atoms with E-state index < -0.39 is 47.2 Å². The molecule has 0 aliphatic rings. The molecule has 0 saturated carbocycles. The first-order chi connectivity index (χ1) is 14.3. The summed E-state index contributed by atoms with van der Waals surface area (Å²) in [5, 5.41) is 0. The largest absolute Gasteiger partial charge is 0.462 e. The lowest BCUT2D eigenvalue weighted by atomic mass is 10.1. The van der Waals surface area contributed by atoms with Gasteiger partial charge in [-0.3, -0.25) is 0 Å². The SMILES string of the molecule is [2H]c1c([2H])c([2H])c(C(=O)OC(CC)CCCC)c(C(=O)OCCCCCCC)c1[2H]. The number of esters is 2. The molecule has 4 nitrogen and oxygen atoms in total. The molecule has 0 heterocycles. The predicted octanol–water partition coefficient (Wildman–Crippen LogP) is 5.94. The highest BCUT2D eigenvalue weighted by Gasteiger charge is 2.21. The van der Waals surface area contributed by atoms with Crippen LogP contribution in [-0.4, -0.2) is 24.6 Å². The molecule has 1 aromatic carbocycles. The number of benzene rings is 1. The van der Waals surface area contributed by atoms with Crippen molar-refractivity contribution in [2.24, 2.45) is 0 Å². The molecule has 1 unspecified atom stereocenters. The van der Waals surface area contributed by atoms with Crippen LogP contribution in [0.2, 0.25) is 0 Å². The van der Waals surface area contributed by atoms with Crippen LogP contribution in [0.1, 0.15) is 105 Å². The van der Waals surface area contributed by atoms with Gasteiger partial charge in [0.25, 0.3) is 0 Å². The molecule has 26 heavy (non-hydrogen) atoms. The second kappa shape index (κ2) is 13.4. The molecule has 0 radical (unpaired) electrons. The van der Waals surface area contributed by atoms with Gasteiger partial charge in [0, 0.05) is 0 Å². The molecule has 0 fully saturated rings. The van der Waals surface area contributed by atoms with Gasteiger partial charge < -0.3 is 9.47 Å². The van der Waals surface area contributed by atoms with Crippen LogP contribution in [0.5, 0.6) is 0 Å². The molecule has 0 N–H and O–H groups in total. The molecule has 1 rings (SSSR count). The summed E-state index contributed by atoms with van der Waals surface area (Å²) in [4.78, 5) is 25.5. The van der Waals surface area contributed by atoms with Gasteiger partial charge in [-0.05, 0) is 31.3 Å². The smallest absolute Gasteiger partial charge is 0.339 e. The zero-order chi connectivity index (χ0) is 22.7. The van der Waals surface area contributed by atoms with Crippen molar-refractivity contribution >= 4 is 11.9 Å². The predicted molar refractivity (Wildman–Crippen MR) is 105 cm³/mol. The Balaban J connectivity index is 3.10. The van der Waals surface area contributed by atoms with Gasteiger partial charge in [0.15, 0.2) is 0 Å². The summed E-state index contributed by atoms with van der Waals surface area (Å²) >= 11 is 0. The Labute approximate surface area is 163 Å². The van der Waals surface area contributed by atoms with Crippen LogP contribution < -0.4 is 0 Å². The fraction of sp³-hybridized carbons (Fsp3) is 0.636. The fourth-order valence-electron chi connectivity index (χ4n) is 2.55. The molecule has 146 valence electrons. The van der Waals surface area contributed by atoms with E-state index in [1.807, 2.05) is 13.8 Å². The highest BCUT2D eigenvalue weighted by Crippen LogP contribution is 2.16. The monoisotopic (exact) mass is 366 g/mol. The van der Waals surface area contributed by atoms with E-state index in [2.05, 4.69) is 6.92 Å². The summed E-state index contributed by atoms with van der Waals surface area (Å²) in [5.74, 6) is -1.84. The first kappa shape index (κ1) is 16.3. The van der Waals surface area contributed by atoms with Gasteiger partial charge in [0.1, 0.15) is 6.10 Å². The number of rotatable bonds is 13. The van der Waals surface area contributed by atoms with Gasteiger partial charge in [0.2, 0.25) is 0 Å². The molecule has 0 spiro atoms. The standard InChI is InChI=1S/C22H34O4/c1-4-7-9-10-13-17-25-21(23)19-15-11-12-16-20(19)22(24)26-18(6-3)14-8-5-2/h11-12,15-16,18H,4-10,13-14,17H2,1-3H3/i11D,12D,15D,16D. The average Bonchev–Trinajstić information content (AvgIpc) is 2.73. The van der Waals surface area contributed by atoms with Gasteiger partial charge in [0.05, 0.1) is 23.2 Å². The number of carbonyl (C=O) groups is 2. The Hall–Kier alpha value is -1.84. The number of hydrogen-bond donors (Lipinski definition) is 0. The van der Waals surface area contributed by atoms with Crippen molar-refractivity contribution in [2.75, 3.05) is 6.61 Å². The Kier molecular flexibility index (Phi) is 8.41. The molecule has 1 atom stereocenters. The lowest BCUT2D eigenvalue weighted by molar-refractivity contribution is 0.0258. The lowest BCUT2D eigenvalue weighted by Crippen LogP contribution is -2.20. The Morgan fingerprint density at radius 1 is 0.923 bits per heavy atom. The van der Waals surface area contributed by atoms with Crippen LogP contribution in [0.4, 0.5) is 0 Å². The first-order valence-corrected chi connectivity index (χ1v) is 9.78. The van der Waals surface area contributed by atoms with Crippen molar-refractivity contribution in [3.63, 3.8) is 0 Å². The fourth-order valence-corrected chi connectivity index (χ4v) is 2.55. The van der Waals surface area contributed by atoms with Gasteiger partial charge in [-0.25, -0.2) is 9.59 Å². The van der Waals surface area contributed by atoms with Gasteiger partial charge >= 0.3 is 11.9 Å². The maximum absolute atomic E-state index is 12.8. The quantitative estimate of drug-likeness (QED) is 0.320. The molecule has 0 saturated heterocycles. The van der Waals surface area contributed by atoms with E-state index >= 15 is 0 Å². The second-order valence-electron chi connectivity index (χ2n) is 6.38. The second-order valence-corrected chi connectivity index (χ2v) is 6.38. The molecule has 0 aliphatic carbocycles. The minimum Gasteiger partial charge on any atom is -0.462 e. The van der Waals surface area contributed by atoms with E-state index in [1.165, 1.54) is 0 Å². The third-order valence-electron chi connectivity index (χ3n) is 4.19. The Morgan fingerprint density at radius 2 is 1.54 bits per heavy atom. The van der Waals surface area contributed by atoms with E-state index in [0.29, 0.717) is 19.3 Å². The highest BCUT2D eigenvalue weighted by atomic mass is 16.5. The van der Waals surface area contributed by atoms with Crippen molar-refractivity contribution in [1.29, 1.82) is 0 Å². The van der Waals surface area contributed by atoms with E-state index in [4.69, 9.17) is 15.0 Å². The van der Waals surface area contributed by atoms with Gasteiger partial charge in [-0.2, -0.15) is 0 Å². The first-order valence-electron chi connectivity index (χ1n) is 11.8. The summed E-state index contributed by atoms with van der Waals surface area (Å²) in [5.41, 5.74) is -0.906. The van der Waals surface area contributed by atoms with Crippen LogP contribution in [0, 0.1) is 0 Å². The number of ether oxygens (including phenoxy) is 2. The molecule has 0 aliphatic heterocycles. The summed E-state index contributed by atoms with van der Waals surface area (Å²) < 4.78 is 42.7. The van der Waals surface area contributed by atoms with Crippen LogP contribution in [0.15, 0.2) is 24.2 Å². The van der Waals surface area contributed by atoms with E-state index in [0.717, 1.165) is 38.5 Å². The van der Waals surface area contributed by atoms with Gasteiger partial charge in [-0.15, -0.1) is 0 Å². The van der Waals surface area contributed by atoms with Crippen molar-refractivity contribution in [2.45, 2.75) is 84.7 Å². The molecular weight excluding hydrogens is 328 g/mol. The molecule has 4 heteroatoms. The minimum absolute atomic E-state index is 0.133. The molecular formula is C22H34O4. The molecule has 0 amide bonds. The topological polar surface area (TPSA) is 52.6 Å². The summed E-state index contributed by atoms with van der Waals surface area (Å²) in [6, 6.07) is -2.32. The Bertz CT molecular complexity index is 722. The molecule has 0 bridgehead atoms. The average molecular weight is 367 g/mol. The summed E-state index contributed by atoms with van der Waals surface area (Å²) in [7, 11) is 0. The number of carbonyl (C=O) groups excluding carboxylic acids is 2. The molecule has 1 aromatic rings. The zero-order valence-electron chi connectivity index (χ0n) is 20.3. The summed E-state index contributed by atoms with van der Waals surface area (Å²) in [6.07, 6.45) is 7.46. The van der Waals surface area contributed by atoms with Crippen LogP contribution in [0.25, 0.3) is 0 Å². The number of unbranched alkanes of at least 4 members (excludes halogenated alkanes) is 5. The third-order valence-corrected chi connectivity index (χ3v) is 4.19. The van der Waals surface area contributed by atoms with Gasteiger partial charge in [-0.1, -0.05) is 71.4 Å². The third kappa shape index (κ3) is 8.03. The van der Waals surface area contributed by atoms with Crippen molar-refractivity contribution in [3.8, 4) is 0 Å². The maximum atomic E-state index is 12.8. The molecule has 0 aromatic heterocycles. The highest BCUT2D eigenvalue weighted by molar-refractivity contribution is 6.03. The van der Waals surface area contributed by atoms with E-state index in [1.54, 1.807) is 0 Å². The van der Waals surface area contributed by atoms with Crippen LogP contribution >= 0.6 is 0 Å². The minimum atomic E-state index is -0.925. The van der Waals surface area contributed by atoms with Crippen LogP contribution in [-0.2, 0) is 9.47 Å². The van der Waals surface area contributed by atoms with Crippen molar-refractivity contribution in [1.82, 2.24) is 0 Å².